The van der Waals surface area contributed by atoms with Crippen LogP contribution in [0, 0.1) is 11.8 Å². The Balaban J connectivity index is 1.07. The summed E-state index contributed by atoms with van der Waals surface area (Å²) in [6.07, 6.45) is 3.41. The summed E-state index contributed by atoms with van der Waals surface area (Å²) >= 11 is 6.76. The van der Waals surface area contributed by atoms with Crippen LogP contribution in [0.25, 0.3) is 22.5 Å². The van der Waals surface area contributed by atoms with E-state index >= 15 is 0 Å². The number of alkyl carbamates (subject to hydrolysis) is 1. The van der Waals surface area contributed by atoms with Crippen LogP contribution in [0.2, 0.25) is 5.02 Å². The minimum Gasteiger partial charge on any atom is -0.444 e. The Hall–Kier alpha value is -6.03. The number of halogens is 1. The maximum absolute atomic E-state index is 13.9. The highest BCUT2D eigenvalue weighted by molar-refractivity contribution is 6.33. The summed E-state index contributed by atoms with van der Waals surface area (Å²) in [5.74, 6) is -0.449. The molecule has 0 spiro atoms. The van der Waals surface area contributed by atoms with Crippen LogP contribution >= 0.6 is 11.6 Å². The molecule has 1 aromatic heterocycles. The summed E-state index contributed by atoms with van der Waals surface area (Å²) in [7, 11) is 0. The highest BCUT2D eigenvalue weighted by Crippen LogP contribution is 2.31. The number of carbonyl (C=O) groups is 5. The fourth-order valence-corrected chi connectivity index (χ4v) is 7.92. The van der Waals surface area contributed by atoms with Crippen LogP contribution in [0.4, 0.5) is 15.3 Å². The molecule has 5 N–H and O–H groups in total. The quantitative estimate of drug-likeness (QED) is 0.0958. The van der Waals surface area contributed by atoms with Crippen LogP contribution < -0.4 is 21.3 Å². The van der Waals surface area contributed by atoms with Gasteiger partial charge in [-0.1, -0.05) is 41.9 Å². The maximum atomic E-state index is 13.9. The molecule has 3 aromatic carbocycles. The number of anilines is 1. The van der Waals surface area contributed by atoms with E-state index in [0.29, 0.717) is 67.4 Å². The zero-order valence-electron chi connectivity index (χ0n) is 36.8. The number of benzene rings is 3. The molecular formula is C46H58ClN9O7. The standard InChI is InChI=1S/C46H58ClN9O7/c1-45(2,3)62-43(60)48-27-29-9-13-32(14-10-29)40(57)51-38(42(59)50-34-18-15-31(16-19-34)39-52-54-55-53-39)25-28-7-11-30(12-8-28)36-20-17-33(26-37(36)47)41(58)49-35-21-23-56(24-22-35)44(61)63-46(4,5)6/h7-8,11-12,15-20,26,29,32,35,38H,9-10,13-14,21-25,27H2,1-6H3,(H,48,60)(H,49,58)(H,50,59)(H,51,57)(H,52,53,54,55). The summed E-state index contributed by atoms with van der Waals surface area (Å²) in [4.78, 5) is 67.1. The van der Waals surface area contributed by atoms with Gasteiger partial charge in [0.1, 0.15) is 17.2 Å². The second kappa shape index (κ2) is 20.4. The minimum atomic E-state index is -0.891. The van der Waals surface area contributed by atoms with E-state index in [9.17, 15) is 24.0 Å². The maximum Gasteiger partial charge on any atom is 0.410 e. The van der Waals surface area contributed by atoms with E-state index in [0.717, 1.165) is 35.1 Å². The lowest BCUT2D eigenvalue weighted by molar-refractivity contribution is -0.130. The molecule has 6 rings (SSSR count). The molecule has 1 unspecified atom stereocenters. The number of hydrogen-bond donors (Lipinski definition) is 5. The number of ether oxygens (including phenoxy) is 2. The number of hydrogen-bond acceptors (Lipinski definition) is 10. The second-order valence-corrected chi connectivity index (χ2v) is 18.7. The molecule has 336 valence electrons. The van der Waals surface area contributed by atoms with Crippen molar-refractivity contribution in [3.63, 3.8) is 0 Å². The highest BCUT2D eigenvalue weighted by atomic mass is 35.5. The average molecular weight is 884 g/mol. The molecule has 2 aliphatic rings. The Morgan fingerprint density at radius 3 is 2.08 bits per heavy atom. The van der Waals surface area contributed by atoms with Crippen LogP contribution in [0.3, 0.4) is 0 Å². The number of tetrazole rings is 1. The molecular weight excluding hydrogens is 826 g/mol. The SMILES string of the molecule is CC(C)(C)OC(=O)NCC1CCC(C(=O)NC(Cc2ccc(-c3ccc(C(=O)NC4CCN(C(=O)OC(C)(C)C)CC4)cc3Cl)cc2)C(=O)Nc2ccc(-c3nn[nH]n3)cc2)CC1. The zero-order chi connectivity index (χ0) is 45.3. The van der Waals surface area contributed by atoms with Crippen LogP contribution in [0.1, 0.15) is 96.0 Å². The Labute approximate surface area is 373 Å². The predicted octanol–water partition coefficient (Wildman–Crippen LogP) is 7.31. The van der Waals surface area contributed by atoms with Gasteiger partial charge in [-0.05, 0) is 139 Å². The number of H-pyrrole nitrogens is 1. The van der Waals surface area contributed by atoms with Crippen molar-refractivity contribution in [1.29, 1.82) is 0 Å². The number of carbonyl (C=O) groups excluding carboxylic acids is 5. The summed E-state index contributed by atoms with van der Waals surface area (Å²) in [5, 5.41) is 26.3. The van der Waals surface area contributed by atoms with E-state index in [1.165, 1.54) is 0 Å². The fourth-order valence-electron chi connectivity index (χ4n) is 7.63. The van der Waals surface area contributed by atoms with Crippen molar-refractivity contribution >= 4 is 47.2 Å². The fraction of sp³-hybridized carbons (Fsp3) is 0.478. The van der Waals surface area contributed by atoms with Crippen molar-refractivity contribution in [2.45, 2.75) is 110 Å². The lowest BCUT2D eigenvalue weighted by atomic mass is 9.81. The van der Waals surface area contributed by atoms with E-state index in [2.05, 4.69) is 41.9 Å². The number of nitrogens with zero attached hydrogens (tertiary/aromatic N) is 4. The van der Waals surface area contributed by atoms with Gasteiger partial charge in [0.2, 0.25) is 17.6 Å². The van der Waals surface area contributed by atoms with Crippen LogP contribution in [0.5, 0.6) is 0 Å². The normalized spacial score (nSPS) is 17.5. The van der Waals surface area contributed by atoms with Crippen molar-refractivity contribution in [3.05, 3.63) is 82.9 Å². The van der Waals surface area contributed by atoms with E-state index in [1.54, 1.807) is 47.4 Å². The van der Waals surface area contributed by atoms with E-state index in [-0.39, 0.29) is 48.1 Å². The Bertz CT molecular complexity index is 2210. The molecule has 0 bridgehead atoms. The minimum absolute atomic E-state index is 0.0870. The van der Waals surface area contributed by atoms with Gasteiger partial charge in [0.05, 0.1) is 0 Å². The molecule has 17 heteroatoms. The Morgan fingerprint density at radius 2 is 1.48 bits per heavy atom. The first-order valence-electron chi connectivity index (χ1n) is 21.5. The summed E-state index contributed by atoms with van der Waals surface area (Å²) in [5.41, 5.74) is 2.88. The van der Waals surface area contributed by atoms with Crippen molar-refractivity contribution in [2.75, 3.05) is 25.0 Å². The second-order valence-electron chi connectivity index (χ2n) is 18.3. The summed E-state index contributed by atoms with van der Waals surface area (Å²) < 4.78 is 10.8. The molecule has 1 aliphatic heterocycles. The molecule has 2 heterocycles. The van der Waals surface area contributed by atoms with Crippen molar-refractivity contribution in [3.8, 4) is 22.5 Å². The number of likely N-dealkylation sites (tertiary alicyclic amines) is 1. The molecule has 2 fully saturated rings. The number of amides is 5. The zero-order valence-corrected chi connectivity index (χ0v) is 37.5. The summed E-state index contributed by atoms with van der Waals surface area (Å²) in [6, 6.07) is 18.8. The number of rotatable bonds is 12. The van der Waals surface area contributed by atoms with Gasteiger partial charge in [0.25, 0.3) is 5.91 Å². The molecule has 63 heavy (non-hydrogen) atoms. The van der Waals surface area contributed by atoms with Crippen molar-refractivity contribution in [2.24, 2.45) is 11.8 Å². The van der Waals surface area contributed by atoms with Crippen LogP contribution in [0.15, 0.2) is 66.7 Å². The number of nitrogens with one attached hydrogen (secondary N) is 5. The highest BCUT2D eigenvalue weighted by Gasteiger charge is 2.31. The van der Waals surface area contributed by atoms with Gasteiger partial charge < -0.3 is 35.6 Å². The molecule has 4 aromatic rings. The van der Waals surface area contributed by atoms with E-state index in [1.807, 2.05) is 65.8 Å². The van der Waals surface area contributed by atoms with Gasteiger partial charge in [0.15, 0.2) is 0 Å². The topological polar surface area (TPSA) is 210 Å². The van der Waals surface area contributed by atoms with Crippen molar-refractivity contribution in [1.82, 2.24) is 41.5 Å². The lowest BCUT2D eigenvalue weighted by Gasteiger charge is -2.33. The van der Waals surface area contributed by atoms with Crippen LogP contribution in [-0.2, 0) is 25.5 Å². The molecule has 16 nitrogen and oxygen atoms in total. The van der Waals surface area contributed by atoms with Crippen LogP contribution in [-0.4, -0.2) is 98.4 Å². The molecule has 1 saturated carbocycles. The Kier molecular flexibility index (Phi) is 15.1. The number of aromatic amines is 1. The van der Waals surface area contributed by atoms with E-state index < -0.39 is 23.3 Å². The molecule has 1 aliphatic carbocycles. The third kappa shape index (κ3) is 13.7. The smallest absolute Gasteiger partial charge is 0.410 e. The molecule has 5 amide bonds. The van der Waals surface area contributed by atoms with Gasteiger partial charge in [-0.3, -0.25) is 14.4 Å². The predicted molar refractivity (Wildman–Crippen MR) is 239 cm³/mol. The number of aromatic nitrogens is 4. The largest absolute Gasteiger partial charge is 0.444 e. The first-order chi connectivity index (χ1) is 29.9. The third-order valence-corrected chi connectivity index (χ3v) is 11.3. The number of piperidine rings is 1. The summed E-state index contributed by atoms with van der Waals surface area (Å²) in [6.45, 7) is 12.4. The Morgan fingerprint density at radius 1 is 0.825 bits per heavy atom. The first-order valence-corrected chi connectivity index (χ1v) is 21.9. The third-order valence-electron chi connectivity index (χ3n) is 11.0. The van der Waals surface area contributed by atoms with Gasteiger partial charge in [-0.25, -0.2) is 9.59 Å². The van der Waals surface area contributed by atoms with Gasteiger partial charge in [-0.2, -0.15) is 5.21 Å². The van der Waals surface area contributed by atoms with Crippen molar-refractivity contribution < 1.29 is 33.4 Å². The van der Waals surface area contributed by atoms with Gasteiger partial charge in [-0.15, -0.1) is 10.2 Å². The molecule has 1 atom stereocenters. The lowest BCUT2D eigenvalue weighted by Crippen LogP contribution is -2.48. The van der Waals surface area contributed by atoms with Gasteiger partial charge in [0, 0.05) is 65.4 Å². The van der Waals surface area contributed by atoms with Gasteiger partial charge >= 0.3 is 12.2 Å². The molecule has 1 saturated heterocycles. The monoisotopic (exact) mass is 883 g/mol. The first kappa shape index (κ1) is 46.5. The molecule has 0 radical (unpaired) electrons. The average Bonchev–Trinajstić information content (AvgIpc) is 3.78. The van der Waals surface area contributed by atoms with E-state index in [4.69, 9.17) is 21.1 Å².